The van der Waals surface area contributed by atoms with E-state index in [9.17, 15) is 19.5 Å². The quantitative estimate of drug-likeness (QED) is 0.0185. The molecule has 4 aromatic carbocycles. The van der Waals surface area contributed by atoms with E-state index in [1.54, 1.807) is 109 Å². The lowest BCUT2D eigenvalue weighted by atomic mass is 9.78. The molecule has 10 aromatic heterocycles. The summed E-state index contributed by atoms with van der Waals surface area (Å²) in [6.07, 6.45) is 20.4. The Hall–Kier alpha value is -11.7. The van der Waals surface area contributed by atoms with E-state index >= 15 is 0 Å². The third-order valence-corrected chi connectivity index (χ3v) is 23.8. The maximum Gasteiger partial charge on any atom is 0.489 e. The van der Waals surface area contributed by atoms with E-state index in [-0.39, 0.29) is 67.4 Å². The molecule has 2 saturated heterocycles. The summed E-state index contributed by atoms with van der Waals surface area (Å²) in [5.74, 6) is 1.40. The molecule has 144 heavy (non-hydrogen) atoms. The minimum absolute atomic E-state index is 0.00780. The van der Waals surface area contributed by atoms with Crippen LogP contribution >= 0.6 is 94.2 Å². The molecule has 0 unspecified atom stereocenters. The molecule has 2 fully saturated rings. The number of esters is 1. The van der Waals surface area contributed by atoms with Gasteiger partial charge < -0.3 is 50.0 Å². The first kappa shape index (κ1) is 118. The number of carbonyl (C=O) groups excluding carboxylic acids is 5. The number of ether oxygens (including phenoxy) is 2. The third kappa shape index (κ3) is 37.4. The third-order valence-electron chi connectivity index (χ3n) is 21.3. The average Bonchev–Trinajstić information content (AvgIpc) is 0.804. The van der Waals surface area contributed by atoms with Crippen LogP contribution < -0.4 is 21.0 Å². The van der Waals surface area contributed by atoms with Crippen molar-refractivity contribution in [3.8, 4) is 84.9 Å². The average molecular weight is 2230 g/mol. The molecular formula is C105H114B2Br3Cl4N17O13. The number of nitrogens with zero attached hydrogens (tertiary/aromatic N) is 16. The first-order valence-corrected chi connectivity index (χ1v) is 49.3. The van der Waals surface area contributed by atoms with Crippen molar-refractivity contribution in [2.75, 3.05) is 33.3 Å². The zero-order chi connectivity index (χ0) is 106. The van der Waals surface area contributed by atoms with Gasteiger partial charge in [-0.05, 0) is 250 Å². The van der Waals surface area contributed by atoms with Crippen molar-refractivity contribution in [3.05, 3.63) is 305 Å². The highest BCUT2D eigenvalue weighted by Gasteiger charge is 2.27. The first-order chi connectivity index (χ1) is 68.0. The zero-order valence-electron chi connectivity index (χ0n) is 82.7. The normalized spacial score (nSPS) is 12.4. The van der Waals surface area contributed by atoms with Crippen molar-refractivity contribution < 1.29 is 63.8 Å². The fraction of sp³-hybridized carbons (Fsp3) is 0.305. The number of benzene rings is 4. The molecule has 39 heteroatoms. The molecule has 2 aliphatic rings. The van der Waals surface area contributed by atoms with Gasteiger partial charge in [0, 0.05) is 192 Å². The number of aliphatic hydroxyl groups is 2. The van der Waals surface area contributed by atoms with Gasteiger partial charge >= 0.3 is 26.4 Å². The molecule has 1 amide bonds. The minimum atomic E-state index is -1.64. The number of likely N-dealkylation sites (tertiary alicyclic amines) is 1. The van der Waals surface area contributed by atoms with Crippen molar-refractivity contribution in [1.29, 1.82) is 0 Å². The number of aliphatic hydroxyl groups excluding tert-OH is 2. The van der Waals surface area contributed by atoms with E-state index in [0.29, 0.717) is 102 Å². The summed E-state index contributed by atoms with van der Waals surface area (Å²) in [6, 6.07) is 48.8. The summed E-state index contributed by atoms with van der Waals surface area (Å²) in [5, 5.41) is 58.9. The number of aryl methyl sites for hydroxylation is 1. The highest BCUT2D eigenvalue weighted by molar-refractivity contribution is 9.11. The van der Waals surface area contributed by atoms with Gasteiger partial charge in [-0.25, -0.2) is 54.6 Å². The molecule has 14 aromatic rings. The number of methoxy groups -OCH3 is 1. The number of amides is 1. The lowest BCUT2D eigenvalue weighted by Gasteiger charge is -2.29. The van der Waals surface area contributed by atoms with E-state index in [0.717, 1.165) is 115 Å². The number of nitrogens with one attached hydrogen (secondary N) is 1. The van der Waals surface area contributed by atoms with Gasteiger partial charge in [0.1, 0.15) is 10.4 Å². The van der Waals surface area contributed by atoms with E-state index in [1.807, 2.05) is 119 Å². The van der Waals surface area contributed by atoms with Crippen LogP contribution in [0.1, 0.15) is 184 Å². The number of hydrogen-bond donors (Lipinski definition) is 7. The summed E-state index contributed by atoms with van der Waals surface area (Å²) < 4.78 is 11.3. The number of pyridine rings is 5. The molecule has 0 aliphatic carbocycles. The van der Waals surface area contributed by atoms with Gasteiger partial charge in [-0.15, -0.1) is 0 Å². The Balaban J connectivity index is 0.000000208. The number of rotatable bonds is 13. The van der Waals surface area contributed by atoms with Crippen molar-refractivity contribution in [2.45, 2.75) is 176 Å². The van der Waals surface area contributed by atoms with Crippen LogP contribution in [0.2, 0.25) is 20.1 Å². The summed E-state index contributed by atoms with van der Waals surface area (Å²) in [4.78, 5) is 118. The molecule has 0 bridgehead atoms. The van der Waals surface area contributed by atoms with Crippen LogP contribution in [0.5, 0.6) is 5.75 Å². The lowest BCUT2D eigenvalue weighted by molar-refractivity contribution is -0.191. The number of carbonyl (C=O) groups is 3. The molecule has 0 saturated carbocycles. The number of piperidine rings is 2. The SMILES string of the molecule is Brc1ccnc(Br)n1.CC(C)(C)c1cc(-c2ccnc(-c3ccc(C(=O)N4CCC(O)CC4)cc3Cl)n2)ccn1.CC(C)(C)c1cc(-c2ccnc(-c3ccc(OC=O)cc3Cl)n2)ccn1.CC(C)(C)c1cc(-c2ccnc(Br)n2)ccn1.CC(C)(C)c1cc(B(O)O)ccn1.COC(=O)c1ccc(B(O)O)c(Cl)c1.Cc1ccc(-c2nccc(-c3ccnc(C(C)(C)C)c3)n2)c(Cl)c1.O=C=O.OC1CCNCC1. The van der Waals surface area contributed by atoms with Crippen LogP contribution in [0.15, 0.2) is 240 Å². The summed E-state index contributed by atoms with van der Waals surface area (Å²) >= 11 is 34.5. The zero-order valence-corrected chi connectivity index (χ0v) is 90.5. The van der Waals surface area contributed by atoms with Crippen LogP contribution in [0, 0.1) is 6.92 Å². The Kier molecular flexibility index (Phi) is 45.3. The summed E-state index contributed by atoms with van der Waals surface area (Å²) in [7, 11) is -1.80. The monoisotopic (exact) mass is 2220 g/mol. The second kappa shape index (κ2) is 55.5. The Morgan fingerprint density at radius 1 is 0.417 bits per heavy atom. The van der Waals surface area contributed by atoms with E-state index in [4.69, 9.17) is 95.9 Å². The highest BCUT2D eigenvalue weighted by Crippen LogP contribution is 2.36. The topological polar surface area (TPSA) is 434 Å². The van der Waals surface area contributed by atoms with Crippen molar-refractivity contribution in [2.24, 2.45) is 0 Å². The molecule has 0 radical (unpaired) electrons. The standard InChI is InChI=1S/C25H27ClN4O2.C20H18ClN3O2.C20H20ClN3.C13H14BrN3.C9H14BNO2.C8H8BClO4.C5H11NO.C4H2Br2N2.CO2/c1-25(2,3)22-15-16(6-10-27-22)21-7-11-28-23(29-21)19-5-4-17(14-20(19)26)24(32)30-12-8-18(31)9-13-30;1-20(2,3)18-10-13(6-8-22-18)17-7-9-23-19(24-17)15-5-4-14(26-12-25)11-16(15)21;1-13-5-6-15(16(21)11-13)19-23-10-8-17(24-19)14-7-9-22-18(12-14)20(2,3)4;1-13(2,3)11-8-9(4-6-15-11)10-5-7-16-12(14)17-10;1-9(2,3)8-6-7(10(12)13)4-5-11-8;1-14-8(11)5-2-3-6(9(12)13)7(10)4-5;7-5-1-3-6-4-2-5;5-3-1-2-7-4(6)8-3;2-1-3/h4-7,10-11,14-15,18,31H,8-9,12-13H2,1-3H3;4-12H,1-3H3;5-12H,1-4H3;4-8H,1-3H3;4-6,12-13H,1-3H3;2-4,12-13H,1H3;5-7H,1-4H2;1-2H;. The molecule has 752 valence electrons. The molecule has 16 rings (SSSR count). The smallest absolute Gasteiger partial charge is 0.465 e. The minimum Gasteiger partial charge on any atom is -0.465 e. The summed E-state index contributed by atoms with van der Waals surface area (Å²) in [5.41, 5.74) is 16.9. The molecule has 2 aliphatic heterocycles. The second-order valence-corrected chi connectivity index (χ2v) is 41.6. The predicted molar refractivity (Wildman–Crippen MR) is 573 cm³/mol. The van der Waals surface area contributed by atoms with Gasteiger partial charge in [-0.1, -0.05) is 162 Å². The predicted octanol–water partition coefficient (Wildman–Crippen LogP) is 19.5. The second-order valence-electron chi connectivity index (χ2n) is 37.7. The molecular weight excluding hydrogens is 2110 g/mol. The van der Waals surface area contributed by atoms with Gasteiger partial charge in [-0.3, -0.25) is 34.5 Å². The van der Waals surface area contributed by atoms with Crippen molar-refractivity contribution in [1.82, 2.24) is 85.0 Å². The van der Waals surface area contributed by atoms with Crippen LogP contribution in [0.25, 0.3) is 79.2 Å². The maximum atomic E-state index is 12.8. The van der Waals surface area contributed by atoms with Crippen LogP contribution in [-0.4, -0.2) is 194 Å². The highest BCUT2D eigenvalue weighted by atomic mass is 79.9. The van der Waals surface area contributed by atoms with Gasteiger partial charge in [-0.2, -0.15) is 9.59 Å². The van der Waals surface area contributed by atoms with Gasteiger partial charge in [0.25, 0.3) is 12.4 Å². The van der Waals surface area contributed by atoms with Crippen molar-refractivity contribution in [3.63, 3.8) is 0 Å². The number of aromatic nitrogens is 15. The fourth-order valence-electron chi connectivity index (χ4n) is 13.3. The van der Waals surface area contributed by atoms with Crippen LogP contribution in [0.4, 0.5) is 0 Å². The molecule has 0 spiro atoms. The van der Waals surface area contributed by atoms with Crippen LogP contribution in [0.3, 0.4) is 0 Å². The van der Waals surface area contributed by atoms with E-state index in [1.165, 1.54) is 25.3 Å². The number of halogens is 7. The number of hydrogen-bond acceptors (Lipinski definition) is 29. The molecule has 0 atom stereocenters. The summed E-state index contributed by atoms with van der Waals surface area (Å²) in [6.45, 7) is 37.2. The fourth-order valence-corrected chi connectivity index (χ4v) is 15.5. The van der Waals surface area contributed by atoms with Crippen molar-refractivity contribution >= 4 is 144 Å². The van der Waals surface area contributed by atoms with Gasteiger partial charge in [0.15, 0.2) is 26.9 Å². The molecule has 12 heterocycles. The Morgan fingerprint density at radius 2 is 0.771 bits per heavy atom. The largest absolute Gasteiger partial charge is 0.489 e. The van der Waals surface area contributed by atoms with E-state index in [2.05, 4.69) is 218 Å². The molecule has 30 nitrogen and oxygen atoms in total. The first-order valence-electron chi connectivity index (χ1n) is 45.4. The Labute approximate surface area is 884 Å². The maximum absolute atomic E-state index is 12.8. The molecule has 7 N–H and O–H groups in total. The lowest BCUT2D eigenvalue weighted by Crippen LogP contribution is -2.40. The van der Waals surface area contributed by atoms with E-state index < -0.39 is 20.2 Å². The van der Waals surface area contributed by atoms with Gasteiger partial charge in [0.2, 0.25) is 0 Å². The van der Waals surface area contributed by atoms with Gasteiger partial charge in [0.05, 0.1) is 62.7 Å². The Morgan fingerprint density at radius 3 is 1.12 bits per heavy atom. The van der Waals surface area contributed by atoms with Crippen LogP contribution in [-0.2, 0) is 46.2 Å². The Bertz CT molecular complexity index is 6640.